The minimum absolute atomic E-state index is 0.209. The number of anilines is 1. The van der Waals surface area contributed by atoms with Crippen LogP contribution in [0.1, 0.15) is 15.9 Å². The van der Waals surface area contributed by atoms with Crippen molar-refractivity contribution < 1.29 is 13.9 Å². The van der Waals surface area contributed by atoms with Gasteiger partial charge >= 0.3 is 0 Å². The maximum atomic E-state index is 13.6. The Balaban J connectivity index is 1.97. The predicted octanol–water partition coefficient (Wildman–Crippen LogP) is 3.17. The number of hydrogen-bond acceptors (Lipinski definition) is 2. The van der Waals surface area contributed by atoms with E-state index in [0.29, 0.717) is 30.0 Å². The Morgan fingerprint density at radius 3 is 2.85 bits per heavy atom. The summed E-state index contributed by atoms with van der Waals surface area (Å²) in [6.45, 7) is 2.58. The first-order valence-corrected chi connectivity index (χ1v) is 6.46. The molecular weight excluding hydrogens is 257 g/mol. The number of fused-ring (bicyclic) bond motifs is 1. The third-order valence-corrected chi connectivity index (χ3v) is 3.39. The maximum absolute atomic E-state index is 13.6. The zero-order valence-electron chi connectivity index (χ0n) is 11.1. The third kappa shape index (κ3) is 2.13. The van der Waals surface area contributed by atoms with Crippen molar-refractivity contribution in [1.29, 1.82) is 0 Å². The number of carbonyl (C=O) groups excluding carboxylic acids is 1. The number of nitrogens with zero attached hydrogens (tertiary/aromatic N) is 1. The van der Waals surface area contributed by atoms with Gasteiger partial charge in [-0.05, 0) is 36.8 Å². The average molecular weight is 271 g/mol. The fourth-order valence-corrected chi connectivity index (χ4v) is 2.26. The Labute approximate surface area is 116 Å². The molecule has 0 bridgehead atoms. The van der Waals surface area contributed by atoms with Crippen LogP contribution in [0.3, 0.4) is 0 Å². The third-order valence-electron chi connectivity index (χ3n) is 3.39. The van der Waals surface area contributed by atoms with E-state index in [1.807, 2.05) is 24.3 Å². The smallest absolute Gasteiger partial charge is 0.258 e. The first-order chi connectivity index (χ1) is 9.66. The van der Waals surface area contributed by atoms with Crippen LogP contribution in [-0.4, -0.2) is 19.1 Å². The lowest BCUT2D eigenvalue weighted by Gasteiger charge is -2.29. The highest BCUT2D eigenvalue weighted by molar-refractivity contribution is 6.07. The van der Waals surface area contributed by atoms with Crippen molar-refractivity contribution in [2.24, 2.45) is 0 Å². The molecule has 20 heavy (non-hydrogen) atoms. The molecule has 0 unspecified atom stereocenters. The fourth-order valence-electron chi connectivity index (χ4n) is 2.26. The summed E-state index contributed by atoms with van der Waals surface area (Å²) in [6.07, 6.45) is 0. The number of amides is 1. The van der Waals surface area contributed by atoms with Crippen molar-refractivity contribution >= 4 is 11.6 Å². The highest BCUT2D eigenvalue weighted by Crippen LogP contribution is 2.32. The average Bonchev–Trinajstić information content (AvgIpc) is 2.49. The van der Waals surface area contributed by atoms with E-state index in [9.17, 15) is 9.18 Å². The minimum Gasteiger partial charge on any atom is -0.490 e. The van der Waals surface area contributed by atoms with Crippen molar-refractivity contribution in [1.82, 2.24) is 0 Å². The zero-order valence-corrected chi connectivity index (χ0v) is 11.1. The van der Waals surface area contributed by atoms with E-state index in [0.717, 1.165) is 5.69 Å². The molecule has 0 saturated heterocycles. The molecule has 0 aliphatic carbocycles. The highest BCUT2D eigenvalue weighted by Gasteiger charge is 2.24. The topological polar surface area (TPSA) is 29.5 Å². The van der Waals surface area contributed by atoms with Crippen LogP contribution in [0.25, 0.3) is 0 Å². The molecule has 1 heterocycles. The lowest BCUT2D eigenvalue weighted by atomic mass is 10.1. The van der Waals surface area contributed by atoms with Crippen molar-refractivity contribution in [3.05, 3.63) is 59.4 Å². The predicted molar refractivity (Wildman–Crippen MR) is 74.8 cm³/mol. The SMILES string of the molecule is Cc1ccc(C(=O)N2CCOc3ccccc32)cc1F. The molecule has 2 aromatic carbocycles. The van der Waals surface area contributed by atoms with Gasteiger partial charge < -0.3 is 9.64 Å². The molecule has 2 aromatic rings. The summed E-state index contributed by atoms with van der Waals surface area (Å²) >= 11 is 0. The van der Waals surface area contributed by atoms with Crippen molar-refractivity contribution in [2.75, 3.05) is 18.1 Å². The molecule has 102 valence electrons. The number of aryl methyl sites for hydroxylation is 1. The molecule has 4 heteroatoms. The molecule has 0 atom stereocenters. The van der Waals surface area contributed by atoms with Gasteiger partial charge in [-0.15, -0.1) is 0 Å². The summed E-state index contributed by atoms with van der Waals surface area (Å²) in [6, 6.07) is 11.9. The van der Waals surface area contributed by atoms with Crippen LogP contribution in [-0.2, 0) is 0 Å². The van der Waals surface area contributed by atoms with Gasteiger partial charge in [0.1, 0.15) is 18.2 Å². The first-order valence-electron chi connectivity index (χ1n) is 6.46. The largest absolute Gasteiger partial charge is 0.490 e. The quantitative estimate of drug-likeness (QED) is 0.797. The molecule has 0 aromatic heterocycles. The van der Waals surface area contributed by atoms with Gasteiger partial charge in [-0.1, -0.05) is 18.2 Å². The number of benzene rings is 2. The summed E-state index contributed by atoms with van der Waals surface area (Å²) in [5.74, 6) is 0.108. The van der Waals surface area contributed by atoms with Gasteiger partial charge in [0.15, 0.2) is 0 Å². The normalized spacial score (nSPS) is 13.6. The molecule has 3 rings (SSSR count). The molecule has 0 fully saturated rings. The molecule has 0 saturated carbocycles. The van der Waals surface area contributed by atoms with Gasteiger partial charge in [-0.3, -0.25) is 4.79 Å². The second kappa shape index (κ2) is 4.96. The van der Waals surface area contributed by atoms with Crippen LogP contribution in [0.15, 0.2) is 42.5 Å². The van der Waals surface area contributed by atoms with Crippen LogP contribution >= 0.6 is 0 Å². The van der Waals surface area contributed by atoms with E-state index >= 15 is 0 Å². The first kappa shape index (κ1) is 12.7. The molecule has 1 aliphatic rings. The van der Waals surface area contributed by atoms with Gasteiger partial charge in [0.05, 0.1) is 12.2 Å². The van der Waals surface area contributed by atoms with E-state index < -0.39 is 0 Å². The molecule has 1 amide bonds. The number of carbonyl (C=O) groups is 1. The van der Waals surface area contributed by atoms with Crippen LogP contribution in [0.5, 0.6) is 5.75 Å². The van der Waals surface area contributed by atoms with Crippen LogP contribution in [0, 0.1) is 12.7 Å². The van der Waals surface area contributed by atoms with E-state index in [4.69, 9.17) is 4.74 Å². The summed E-state index contributed by atoms with van der Waals surface area (Å²) in [5, 5.41) is 0. The van der Waals surface area contributed by atoms with Crippen molar-refractivity contribution in [3.63, 3.8) is 0 Å². The van der Waals surface area contributed by atoms with Crippen molar-refractivity contribution in [2.45, 2.75) is 6.92 Å². The maximum Gasteiger partial charge on any atom is 0.258 e. The standard InChI is InChI=1S/C16H14FNO2/c1-11-6-7-12(10-13(11)17)16(19)18-8-9-20-15-5-3-2-4-14(15)18/h2-7,10H,8-9H2,1H3. The Hall–Kier alpha value is -2.36. The Kier molecular flexibility index (Phi) is 3.14. The lowest BCUT2D eigenvalue weighted by molar-refractivity contribution is 0.0976. The van der Waals surface area contributed by atoms with Gasteiger partial charge in [-0.25, -0.2) is 4.39 Å². The molecule has 1 aliphatic heterocycles. The molecule has 0 radical (unpaired) electrons. The van der Waals surface area contributed by atoms with E-state index in [1.165, 1.54) is 6.07 Å². The number of halogens is 1. The van der Waals surface area contributed by atoms with Gasteiger partial charge in [0, 0.05) is 5.56 Å². The summed E-state index contributed by atoms with van der Waals surface area (Å²) < 4.78 is 19.1. The lowest BCUT2D eigenvalue weighted by Crippen LogP contribution is -2.37. The van der Waals surface area contributed by atoms with Gasteiger partial charge in [0.2, 0.25) is 0 Å². The fraction of sp³-hybridized carbons (Fsp3) is 0.188. The van der Waals surface area contributed by atoms with E-state index in [1.54, 1.807) is 24.0 Å². The zero-order chi connectivity index (χ0) is 14.1. The van der Waals surface area contributed by atoms with E-state index in [-0.39, 0.29) is 11.7 Å². The summed E-state index contributed by atoms with van der Waals surface area (Å²) in [5.41, 5.74) is 1.61. The minimum atomic E-state index is -0.364. The van der Waals surface area contributed by atoms with Gasteiger partial charge in [-0.2, -0.15) is 0 Å². The van der Waals surface area contributed by atoms with E-state index in [2.05, 4.69) is 0 Å². The van der Waals surface area contributed by atoms with Crippen LogP contribution in [0.4, 0.5) is 10.1 Å². The number of para-hydroxylation sites is 2. The Bertz CT molecular complexity index is 669. The van der Waals surface area contributed by atoms with Gasteiger partial charge in [0.25, 0.3) is 5.91 Å². The second-order valence-electron chi connectivity index (χ2n) is 4.74. The summed E-state index contributed by atoms with van der Waals surface area (Å²) in [7, 11) is 0. The monoisotopic (exact) mass is 271 g/mol. The molecule has 3 nitrogen and oxygen atoms in total. The Morgan fingerprint density at radius 1 is 1.25 bits per heavy atom. The van der Waals surface area contributed by atoms with Crippen LogP contribution < -0.4 is 9.64 Å². The number of rotatable bonds is 1. The highest BCUT2D eigenvalue weighted by atomic mass is 19.1. The molecule has 0 N–H and O–H groups in total. The summed E-state index contributed by atoms with van der Waals surface area (Å²) in [4.78, 5) is 14.2. The van der Waals surface area contributed by atoms with Crippen LogP contribution in [0.2, 0.25) is 0 Å². The number of hydrogen-bond donors (Lipinski definition) is 0. The second-order valence-corrected chi connectivity index (χ2v) is 4.74. The Morgan fingerprint density at radius 2 is 2.05 bits per heavy atom. The number of ether oxygens (including phenoxy) is 1. The molecular formula is C16H14FNO2. The van der Waals surface area contributed by atoms with Crippen molar-refractivity contribution in [3.8, 4) is 5.75 Å². The molecule has 0 spiro atoms.